The van der Waals surface area contributed by atoms with Gasteiger partial charge in [0.2, 0.25) is 12.1 Å². The minimum atomic E-state index is -1.24. The fraction of sp³-hybridized carbons (Fsp3) is 0.842. The Morgan fingerprint density at radius 3 is 2.41 bits per heavy atom. The summed E-state index contributed by atoms with van der Waals surface area (Å²) >= 11 is 0. The first-order valence-corrected chi connectivity index (χ1v) is 9.35. The van der Waals surface area contributed by atoms with Gasteiger partial charge in [0, 0.05) is 32.1 Å². The van der Waals surface area contributed by atoms with Crippen LogP contribution in [-0.2, 0) is 38.1 Å². The molecule has 0 spiro atoms. The molecule has 0 N–H and O–H groups in total. The zero-order valence-electron chi connectivity index (χ0n) is 16.5. The van der Waals surface area contributed by atoms with Gasteiger partial charge in [0.25, 0.3) is 0 Å². The third-order valence-corrected chi connectivity index (χ3v) is 5.50. The average molecular weight is 384 g/mol. The number of carbonyl (C=O) groups is 3. The molecule has 5 atom stereocenters. The van der Waals surface area contributed by atoms with Crippen LogP contribution in [0.3, 0.4) is 0 Å². The van der Waals surface area contributed by atoms with Crippen LogP contribution in [-0.4, -0.2) is 42.9 Å². The Kier molecular flexibility index (Phi) is 5.01. The van der Waals surface area contributed by atoms with Crippen LogP contribution >= 0.6 is 0 Å². The van der Waals surface area contributed by atoms with Crippen molar-refractivity contribution in [2.45, 2.75) is 78.7 Å². The van der Waals surface area contributed by atoms with E-state index in [-0.39, 0.29) is 12.6 Å². The molecule has 1 aliphatic carbocycles. The fourth-order valence-corrected chi connectivity index (χ4v) is 4.51. The molecule has 3 heterocycles. The van der Waals surface area contributed by atoms with Gasteiger partial charge in [-0.2, -0.15) is 0 Å². The van der Waals surface area contributed by atoms with Crippen LogP contribution in [0.1, 0.15) is 60.3 Å². The highest BCUT2D eigenvalue weighted by Gasteiger charge is 2.70. The van der Waals surface area contributed by atoms with Gasteiger partial charge < -0.3 is 23.7 Å². The second-order valence-electron chi connectivity index (χ2n) is 8.79. The lowest BCUT2D eigenvalue weighted by molar-refractivity contribution is -0.471. The second kappa shape index (κ2) is 6.74. The number of hydrogen-bond donors (Lipinski definition) is 0. The Bertz CT molecular complexity index is 638. The smallest absolute Gasteiger partial charge is 0.311 e. The summed E-state index contributed by atoms with van der Waals surface area (Å²) in [4.78, 5) is 35.7. The number of esters is 3. The van der Waals surface area contributed by atoms with E-state index >= 15 is 0 Å². The first-order chi connectivity index (χ1) is 12.5. The van der Waals surface area contributed by atoms with E-state index in [9.17, 15) is 14.4 Å². The number of rotatable bonds is 4. The minimum Gasteiger partial charge on any atom is -0.465 e. The Balaban J connectivity index is 1.93. The van der Waals surface area contributed by atoms with Gasteiger partial charge in [-0.15, -0.1) is 0 Å². The Morgan fingerprint density at radius 2 is 1.81 bits per heavy atom. The van der Waals surface area contributed by atoms with Gasteiger partial charge in [0.05, 0.1) is 17.9 Å². The van der Waals surface area contributed by atoms with E-state index in [1.54, 1.807) is 20.8 Å². The Hall–Kier alpha value is -1.67. The third kappa shape index (κ3) is 3.69. The maximum absolute atomic E-state index is 12.3. The highest BCUT2D eigenvalue weighted by atomic mass is 16.8. The van der Waals surface area contributed by atoms with Crippen molar-refractivity contribution in [3.8, 4) is 0 Å². The van der Waals surface area contributed by atoms with Crippen LogP contribution in [0.4, 0.5) is 0 Å². The van der Waals surface area contributed by atoms with Gasteiger partial charge in [0.15, 0.2) is 6.29 Å². The molecule has 0 amide bonds. The van der Waals surface area contributed by atoms with Crippen molar-refractivity contribution >= 4 is 17.9 Å². The number of fused-ring (bicyclic) bond motifs is 1. The highest BCUT2D eigenvalue weighted by Crippen LogP contribution is 2.61. The maximum Gasteiger partial charge on any atom is 0.311 e. The summed E-state index contributed by atoms with van der Waals surface area (Å²) in [6.45, 7) is 8.12. The summed E-state index contributed by atoms with van der Waals surface area (Å²) in [6.07, 6.45) is 0.810. The molecule has 8 heteroatoms. The predicted octanol–water partition coefficient (Wildman–Crippen LogP) is 2.29. The first-order valence-electron chi connectivity index (χ1n) is 9.35. The molecule has 3 aliphatic heterocycles. The molecule has 0 aromatic rings. The molecule has 0 unspecified atom stereocenters. The summed E-state index contributed by atoms with van der Waals surface area (Å²) in [5, 5.41) is 0. The molecule has 27 heavy (non-hydrogen) atoms. The number of ether oxygens (including phenoxy) is 5. The zero-order chi connectivity index (χ0) is 20.0. The predicted molar refractivity (Wildman–Crippen MR) is 90.8 cm³/mol. The molecule has 4 aliphatic rings. The summed E-state index contributed by atoms with van der Waals surface area (Å²) in [7, 11) is 0. The first kappa shape index (κ1) is 20.1. The molecule has 1 saturated carbocycles. The lowest BCUT2D eigenvalue weighted by Crippen LogP contribution is -2.71. The van der Waals surface area contributed by atoms with E-state index < -0.39 is 47.1 Å². The normalized spacial score (nSPS) is 37.4. The van der Waals surface area contributed by atoms with E-state index in [0.717, 1.165) is 12.8 Å². The van der Waals surface area contributed by atoms with E-state index in [4.69, 9.17) is 23.7 Å². The van der Waals surface area contributed by atoms with Gasteiger partial charge in [0.1, 0.15) is 0 Å². The van der Waals surface area contributed by atoms with Crippen LogP contribution in [0, 0.1) is 16.7 Å². The van der Waals surface area contributed by atoms with Crippen molar-refractivity contribution in [1.82, 2.24) is 0 Å². The van der Waals surface area contributed by atoms with Crippen LogP contribution < -0.4 is 0 Å². The van der Waals surface area contributed by atoms with Crippen LogP contribution in [0.25, 0.3) is 0 Å². The summed E-state index contributed by atoms with van der Waals surface area (Å²) in [5.74, 6) is -3.09. The molecule has 0 aromatic heterocycles. The van der Waals surface area contributed by atoms with Gasteiger partial charge in [-0.1, -0.05) is 0 Å². The molecule has 0 radical (unpaired) electrons. The molecule has 152 valence electrons. The van der Waals surface area contributed by atoms with Crippen molar-refractivity contribution in [3.05, 3.63) is 0 Å². The molecule has 8 nitrogen and oxygen atoms in total. The monoisotopic (exact) mass is 384 g/mol. The lowest BCUT2D eigenvalue weighted by Gasteiger charge is -2.63. The SMILES string of the molecule is CC(=O)O[C@@H]1O[C@H]2C[C@]3(COC(=O)C(C)(C)C)CCC[C@](OC(C)=O)(O2)[C@H]13. The van der Waals surface area contributed by atoms with Gasteiger partial charge in [-0.25, -0.2) is 0 Å². The molecular formula is C19H28O8. The Labute approximate surface area is 158 Å². The van der Waals surface area contributed by atoms with Crippen molar-refractivity contribution in [3.63, 3.8) is 0 Å². The summed E-state index contributed by atoms with van der Waals surface area (Å²) < 4.78 is 28.4. The minimum absolute atomic E-state index is 0.137. The van der Waals surface area contributed by atoms with Gasteiger partial charge in [-0.05, 0) is 33.6 Å². The molecule has 0 aromatic carbocycles. The van der Waals surface area contributed by atoms with Crippen molar-refractivity contribution in [2.75, 3.05) is 6.61 Å². The van der Waals surface area contributed by atoms with Crippen molar-refractivity contribution < 1.29 is 38.1 Å². The number of carbonyl (C=O) groups excluding carboxylic acids is 3. The zero-order valence-corrected chi connectivity index (χ0v) is 16.5. The van der Waals surface area contributed by atoms with Gasteiger partial charge in [-0.3, -0.25) is 14.4 Å². The lowest BCUT2D eigenvalue weighted by atomic mass is 9.58. The van der Waals surface area contributed by atoms with Crippen LogP contribution in [0.2, 0.25) is 0 Å². The van der Waals surface area contributed by atoms with E-state index in [2.05, 4.69) is 0 Å². The fourth-order valence-electron chi connectivity index (χ4n) is 4.51. The van der Waals surface area contributed by atoms with Crippen LogP contribution in [0.5, 0.6) is 0 Å². The standard InChI is InChI=1S/C19H28O8/c1-11(20)24-15-14-18(10-23-16(22)17(3,4)5)7-6-8-19(14,26-12(2)21)27-13(9-18)25-15/h13-15H,6-10H2,1-5H3/t13-,14-,15-,18+,19+/m1/s1. The quantitative estimate of drug-likeness (QED) is 0.538. The number of hydrogen-bond acceptors (Lipinski definition) is 8. The Morgan fingerprint density at radius 1 is 1.11 bits per heavy atom. The van der Waals surface area contributed by atoms with Gasteiger partial charge >= 0.3 is 17.9 Å². The topological polar surface area (TPSA) is 97.4 Å². The summed E-state index contributed by atoms with van der Waals surface area (Å²) in [5.41, 5.74) is -1.18. The van der Waals surface area contributed by atoms with E-state index in [1.165, 1.54) is 13.8 Å². The molecule has 4 rings (SSSR count). The molecule has 3 saturated heterocycles. The van der Waals surface area contributed by atoms with E-state index in [0.29, 0.717) is 12.8 Å². The third-order valence-electron chi connectivity index (χ3n) is 5.50. The molecule has 4 fully saturated rings. The second-order valence-corrected chi connectivity index (χ2v) is 8.79. The van der Waals surface area contributed by atoms with Crippen molar-refractivity contribution in [2.24, 2.45) is 16.7 Å². The largest absolute Gasteiger partial charge is 0.465 e. The molecule has 4 bridgehead atoms. The molecular weight excluding hydrogens is 356 g/mol. The highest BCUT2D eigenvalue weighted by molar-refractivity contribution is 5.75. The van der Waals surface area contributed by atoms with Crippen LogP contribution in [0.15, 0.2) is 0 Å². The van der Waals surface area contributed by atoms with Crippen molar-refractivity contribution in [1.29, 1.82) is 0 Å². The van der Waals surface area contributed by atoms with E-state index in [1.807, 2.05) is 0 Å². The summed E-state index contributed by atoms with van der Waals surface area (Å²) in [6, 6.07) is 0. The maximum atomic E-state index is 12.3. The average Bonchev–Trinajstić information content (AvgIpc) is 2.49.